The topological polar surface area (TPSA) is 559 Å². The number of carbonyl (C=O) groups excluding carboxylic acids is 4. The standard InChI is InChI=1S/C22H30Cl2N10.C13H17N5O8S2.C12H12N2O3.C8H6N4O5/c23-15-5-9-17(10-6-15)31-21(27)33-19(25)29-13-3-1-2-4-14-30-20(26)34-22(28)32-18-11-7-16(24)8-12-18;1-5-7(10(20)18(5)28(23,24)25)16-9(19)8(6-4-27-12(14)15-6)17-26-13(2,3)11(21)22;1-3-14-6-9(12(16)17)10(15)8-5-4-7(2)13-11(8)14;13-6-4-11(8(14)10-6)9-3-5-1-2-7(17-5)12(15)16/h5-12H,1-4,13-14H2,(H5,25,27,29,31,33)(H5,26,28,30,32,34);4-5,7H,1-3H3,(H2,14,15)(H,16,19)(H,21,22)(H,23,24,25);4-6H,3H2,1-2H3,(H,16,17);1-3H,4H2,(H,10,13,14)/b;17-8-;;9-3+/t;5-,7-;;/m.0../s1. The second kappa shape index (κ2) is 34.7. The number of anilines is 3. The summed E-state index contributed by atoms with van der Waals surface area (Å²) in [5.74, 6) is -5.24. The highest BCUT2D eigenvalue weighted by atomic mass is 35.5. The molecule has 2 aliphatic rings. The molecular formula is C55H65Cl2N21O16S2. The molecule has 8 rings (SSSR count). The number of nitrogens with two attached hydrogens (primary N) is 1. The number of hydrazone groups is 1. The van der Waals surface area contributed by atoms with Gasteiger partial charge in [0.1, 0.15) is 34.4 Å². The minimum Gasteiger partial charge on any atom is -0.478 e. The highest BCUT2D eigenvalue weighted by molar-refractivity contribution is 7.84. The number of oxime groups is 1. The molecule has 0 unspecified atom stereocenters. The highest BCUT2D eigenvalue weighted by Crippen LogP contribution is 2.24. The Labute approximate surface area is 558 Å². The molecule has 4 aromatic heterocycles. The van der Waals surface area contributed by atoms with E-state index < -0.39 is 85.6 Å². The lowest BCUT2D eigenvalue weighted by Crippen LogP contribution is -2.71. The van der Waals surface area contributed by atoms with Crippen molar-refractivity contribution in [3.63, 3.8) is 0 Å². The summed E-state index contributed by atoms with van der Waals surface area (Å²) in [6.45, 7) is 9.02. The lowest BCUT2D eigenvalue weighted by atomic mass is 10.0. The van der Waals surface area contributed by atoms with Gasteiger partial charge in [-0.2, -0.15) is 13.5 Å². The van der Waals surface area contributed by atoms with Crippen molar-refractivity contribution < 1.29 is 66.1 Å². The number of pyridine rings is 2. The van der Waals surface area contributed by atoms with E-state index in [9.17, 15) is 52.1 Å². The van der Waals surface area contributed by atoms with Crippen molar-refractivity contribution >= 4 is 150 Å². The van der Waals surface area contributed by atoms with Crippen LogP contribution < -0.4 is 53.7 Å². The molecule has 0 aliphatic carbocycles. The Hall–Kier alpha value is -11.2. The number of fused-ring (bicyclic) bond motifs is 1. The number of furan rings is 1. The van der Waals surface area contributed by atoms with E-state index in [1.807, 2.05) is 19.2 Å². The molecule has 6 heterocycles. The van der Waals surface area contributed by atoms with Crippen LogP contribution in [-0.4, -0.2) is 161 Å². The number of unbranched alkanes of at least 4 members (excludes halogenated alkanes) is 3. The number of nitrogens with zero attached hydrogens (tertiary/aromatic N) is 8. The van der Waals surface area contributed by atoms with Crippen LogP contribution in [0.3, 0.4) is 0 Å². The quantitative estimate of drug-likeness (QED) is 0.00689. The Morgan fingerprint density at radius 1 is 0.885 bits per heavy atom. The lowest BCUT2D eigenvalue weighted by molar-refractivity contribution is -0.402. The molecule has 37 nitrogen and oxygen atoms in total. The summed E-state index contributed by atoms with van der Waals surface area (Å²) in [7, 11) is -4.76. The molecule has 2 fully saturated rings. The summed E-state index contributed by atoms with van der Waals surface area (Å²) in [6, 6.07) is 16.8. The summed E-state index contributed by atoms with van der Waals surface area (Å²) in [5, 5.41) is 92.0. The maximum atomic E-state index is 12.6. The fourth-order valence-electron chi connectivity index (χ4n) is 7.81. The summed E-state index contributed by atoms with van der Waals surface area (Å²) < 4.78 is 37.9. The van der Waals surface area contributed by atoms with Gasteiger partial charge in [0, 0.05) is 58.3 Å². The second-order valence-electron chi connectivity index (χ2n) is 20.4. The Balaban J connectivity index is 0.000000241. The molecule has 41 heteroatoms. The number of β-lactam (4-membered cyclic amide) rings is 1. The van der Waals surface area contributed by atoms with E-state index in [1.165, 1.54) is 38.4 Å². The number of carbonyl (C=O) groups is 6. The van der Waals surface area contributed by atoms with E-state index in [-0.39, 0.29) is 56.8 Å². The van der Waals surface area contributed by atoms with E-state index in [1.54, 1.807) is 65.2 Å². The fraction of sp³-hybridized carbons (Fsp3) is 0.291. The third-order valence-electron chi connectivity index (χ3n) is 12.7. The van der Waals surface area contributed by atoms with E-state index in [0.29, 0.717) is 52.1 Å². The number of halogens is 2. The van der Waals surface area contributed by atoms with Gasteiger partial charge < -0.3 is 56.4 Å². The van der Waals surface area contributed by atoms with Crippen molar-refractivity contribution in [1.82, 2.24) is 55.7 Å². The number of nitro groups is 1. The molecule has 5 amide bonds. The van der Waals surface area contributed by atoms with Crippen LogP contribution in [0.15, 0.2) is 104 Å². The largest absolute Gasteiger partial charge is 0.478 e. The number of aromatic carboxylic acids is 1. The second-order valence-corrected chi connectivity index (χ2v) is 23.4. The molecule has 0 spiro atoms. The number of rotatable bonds is 21. The van der Waals surface area contributed by atoms with Gasteiger partial charge in [0.2, 0.25) is 16.9 Å². The molecule has 2 aliphatic heterocycles. The number of nitrogens with one attached hydrogen (secondary N) is 12. The number of urea groups is 1. The van der Waals surface area contributed by atoms with Gasteiger partial charge in [-0.25, -0.2) is 33.7 Å². The summed E-state index contributed by atoms with van der Waals surface area (Å²) >= 11 is 12.6. The molecule has 2 saturated heterocycles. The molecule has 17 N–H and O–H groups in total. The normalized spacial score (nSPS) is 14.2. The predicted molar refractivity (Wildman–Crippen MR) is 354 cm³/mol. The molecule has 0 radical (unpaired) electrons. The number of nitrogen functional groups attached to an aromatic ring is 1. The third-order valence-corrected chi connectivity index (χ3v) is 14.9. The van der Waals surface area contributed by atoms with E-state index >= 15 is 0 Å². The van der Waals surface area contributed by atoms with Crippen LogP contribution in [0.2, 0.25) is 10.0 Å². The van der Waals surface area contributed by atoms with Gasteiger partial charge in [-0.15, -0.1) is 11.3 Å². The average Bonchev–Trinajstić information content (AvgIpc) is 1.83. The van der Waals surface area contributed by atoms with Gasteiger partial charge in [-0.3, -0.25) is 71.4 Å². The first kappa shape index (κ1) is 75.6. The maximum Gasteiger partial charge on any atom is 0.433 e. The number of hydrogen-bond donors (Lipinski definition) is 16. The van der Waals surface area contributed by atoms with Crippen LogP contribution in [0.5, 0.6) is 0 Å². The number of hydrogen-bond acceptors (Lipinski definition) is 23. The van der Waals surface area contributed by atoms with Crippen molar-refractivity contribution in [3.8, 4) is 0 Å². The van der Waals surface area contributed by atoms with Crippen molar-refractivity contribution in [2.45, 2.75) is 84.5 Å². The van der Waals surface area contributed by atoms with Gasteiger partial charge in [0.05, 0.1) is 23.7 Å². The Bertz CT molecular complexity index is 4070. The van der Waals surface area contributed by atoms with Crippen LogP contribution in [0.25, 0.3) is 11.0 Å². The summed E-state index contributed by atoms with van der Waals surface area (Å²) in [4.78, 5) is 103. The molecule has 0 bridgehead atoms. The van der Waals surface area contributed by atoms with E-state index in [4.69, 9.17) is 74.6 Å². The number of carboxylic acid groups (broad SMARTS) is 2. The zero-order valence-corrected chi connectivity index (χ0v) is 54.5. The molecule has 96 heavy (non-hydrogen) atoms. The Kier molecular flexibility index (Phi) is 27.3. The molecule has 2 atom stereocenters. The minimum absolute atomic E-state index is 0.00148. The zero-order chi connectivity index (χ0) is 71.2. The molecular weight excluding hydrogens is 1350 g/mol. The number of carboxylic acids is 2. The van der Waals surface area contributed by atoms with Gasteiger partial charge in [0.25, 0.3) is 11.8 Å². The minimum atomic E-state index is -4.76. The third kappa shape index (κ3) is 22.8. The predicted octanol–water partition coefficient (Wildman–Crippen LogP) is 4.50. The summed E-state index contributed by atoms with van der Waals surface area (Å²) in [6.07, 6.45) is 6.17. The van der Waals surface area contributed by atoms with E-state index in [0.717, 1.165) is 60.0 Å². The molecule has 6 aromatic rings. The highest BCUT2D eigenvalue weighted by Gasteiger charge is 2.52. The van der Waals surface area contributed by atoms with Crippen LogP contribution in [0.1, 0.15) is 80.9 Å². The zero-order valence-electron chi connectivity index (χ0n) is 51.3. The van der Waals surface area contributed by atoms with Crippen molar-refractivity contribution in [2.24, 2.45) is 10.3 Å². The summed E-state index contributed by atoms with van der Waals surface area (Å²) in [5.41, 5.74) is 5.30. The molecule has 2 aromatic carbocycles. The first-order chi connectivity index (χ1) is 45.2. The van der Waals surface area contributed by atoms with Crippen molar-refractivity contribution in [1.29, 1.82) is 21.6 Å². The smallest absolute Gasteiger partial charge is 0.433 e. The number of imide groups is 1. The SMILES string of the molecule is CCn1cc(C(=O)O)c(=O)c2ccc(C)nc21.C[C@H]1[C@H](NC(=O)/C(=N\OC(C)(C)C(=O)O)c2csc(N)n2)C(=O)N1S(=O)(=O)O.N=C(NCCCCCCNC(=N)NC(=N)Nc1ccc(Cl)cc1)NC(=N)Nc1ccc(Cl)cc1.O=C1CN(/N=C/c2ccc([N+](=O)[O-])o2)C(=O)N1. The lowest BCUT2D eigenvalue weighted by Gasteiger charge is -2.42. The van der Waals surface area contributed by atoms with Gasteiger partial charge in [0.15, 0.2) is 40.4 Å². The molecule has 512 valence electrons. The fourth-order valence-corrected chi connectivity index (χ4v) is 9.50. The van der Waals surface area contributed by atoms with E-state index in [2.05, 4.69) is 57.4 Å². The van der Waals surface area contributed by atoms with Crippen LogP contribution in [-0.2, 0) is 40.9 Å². The first-order valence-corrected chi connectivity index (χ1v) is 31.1. The van der Waals surface area contributed by atoms with Gasteiger partial charge in [-0.05, 0) is 114 Å². The van der Waals surface area contributed by atoms with Gasteiger partial charge >= 0.3 is 34.2 Å². The number of aliphatic carboxylic acids is 1. The van der Waals surface area contributed by atoms with Crippen LogP contribution in [0, 0.1) is 38.7 Å². The number of guanidine groups is 4. The van der Waals surface area contributed by atoms with Gasteiger partial charge in [-0.1, -0.05) is 41.2 Å². The number of aromatic nitrogens is 3. The number of thiazole rings is 1. The Morgan fingerprint density at radius 2 is 1.45 bits per heavy atom. The Morgan fingerprint density at radius 3 is 1.90 bits per heavy atom. The number of aryl methyl sites for hydroxylation is 2. The maximum absolute atomic E-state index is 12.6. The monoisotopic (exact) mass is 1410 g/mol. The average molecular weight is 1410 g/mol. The van der Waals surface area contributed by atoms with Crippen molar-refractivity contribution in [2.75, 3.05) is 36.0 Å². The van der Waals surface area contributed by atoms with Crippen LogP contribution in [0.4, 0.5) is 27.2 Å². The first-order valence-electron chi connectivity index (χ1n) is 28.0. The van der Waals surface area contributed by atoms with Crippen LogP contribution >= 0.6 is 34.5 Å². The number of amides is 5. The van der Waals surface area contributed by atoms with Crippen molar-refractivity contribution in [3.05, 3.63) is 137 Å². The molecule has 0 saturated carbocycles. The number of benzene rings is 2.